The molecule has 200 valence electrons. The van der Waals surface area contributed by atoms with Gasteiger partial charge in [0.1, 0.15) is 18.1 Å². The number of guanidine groups is 1. The molecule has 12 nitrogen and oxygen atoms in total. The lowest BCUT2D eigenvalue weighted by atomic mass is 9.98. The molecule has 0 spiro atoms. The van der Waals surface area contributed by atoms with Crippen LogP contribution >= 0.6 is 11.8 Å². The van der Waals surface area contributed by atoms with E-state index in [1.165, 1.54) is 11.8 Å². The molecule has 1 fully saturated rings. The summed E-state index contributed by atoms with van der Waals surface area (Å²) in [6.07, 6.45) is 4.99. The van der Waals surface area contributed by atoms with Crippen LogP contribution in [0.2, 0.25) is 0 Å². The van der Waals surface area contributed by atoms with Crippen LogP contribution in [-0.4, -0.2) is 84.0 Å². The van der Waals surface area contributed by atoms with Gasteiger partial charge in [0.2, 0.25) is 17.7 Å². The second-order valence-electron chi connectivity index (χ2n) is 8.71. The van der Waals surface area contributed by atoms with E-state index in [1.807, 2.05) is 13.2 Å². The number of hydrogen-bond acceptors (Lipinski definition) is 7. The van der Waals surface area contributed by atoms with E-state index < -0.39 is 35.9 Å². The van der Waals surface area contributed by atoms with Gasteiger partial charge >= 0.3 is 5.97 Å². The van der Waals surface area contributed by atoms with Gasteiger partial charge in [-0.05, 0) is 56.6 Å². The summed E-state index contributed by atoms with van der Waals surface area (Å²) in [6.45, 7) is 4.56. The third-order valence-corrected chi connectivity index (χ3v) is 6.62. The van der Waals surface area contributed by atoms with Crippen molar-refractivity contribution in [3.63, 3.8) is 0 Å². The molecule has 1 aliphatic rings. The molecule has 0 aromatic rings. The molecule has 0 aliphatic carbocycles. The Morgan fingerprint density at radius 3 is 2.31 bits per heavy atom. The second kappa shape index (κ2) is 16.2. The molecular formula is C22H41N7O5S. The van der Waals surface area contributed by atoms with Gasteiger partial charge in [0.15, 0.2) is 5.96 Å². The van der Waals surface area contributed by atoms with Crippen molar-refractivity contribution >= 4 is 41.4 Å². The summed E-state index contributed by atoms with van der Waals surface area (Å²) in [5.74, 6) is -2.26. The summed E-state index contributed by atoms with van der Waals surface area (Å²) in [4.78, 5) is 54.4. The highest BCUT2D eigenvalue weighted by atomic mass is 32.2. The molecule has 0 aromatic carbocycles. The van der Waals surface area contributed by atoms with Crippen LogP contribution in [0.1, 0.15) is 52.4 Å². The van der Waals surface area contributed by atoms with Crippen LogP contribution in [0.25, 0.3) is 0 Å². The van der Waals surface area contributed by atoms with Crippen molar-refractivity contribution in [3.8, 4) is 0 Å². The molecule has 0 saturated carbocycles. The first-order valence-electron chi connectivity index (χ1n) is 12.0. The minimum atomic E-state index is -1.15. The van der Waals surface area contributed by atoms with Gasteiger partial charge in [-0.2, -0.15) is 11.8 Å². The van der Waals surface area contributed by atoms with Crippen LogP contribution in [0.5, 0.6) is 0 Å². The molecule has 9 N–H and O–H groups in total. The zero-order chi connectivity index (χ0) is 26.4. The van der Waals surface area contributed by atoms with Crippen LogP contribution in [0, 0.1) is 5.92 Å². The summed E-state index contributed by atoms with van der Waals surface area (Å²) in [5, 5.41) is 20.7. The number of amides is 3. The molecular weight excluding hydrogens is 474 g/mol. The van der Waals surface area contributed by atoms with Gasteiger partial charge in [-0.3, -0.25) is 19.4 Å². The van der Waals surface area contributed by atoms with E-state index in [-0.39, 0.29) is 36.8 Å². The molecule has 0 bridgehead atoms. The maximum Gasteiger partial charge on any atom is 0.326 e. The van der Waals surface area contributed by atoms with Crippen molar-refractivity contribution < 1.29 is 24.3 Å². The van der Waals surface area contributed by atoms with Crippen LogP contribution in [-0.2, 0) is 19.2 Å². The minimum Gasteiger partial charge on any atom is -0.480 e. The number of carbonyl (C=O) groups is 4. The molecule has 3 amide bonds. The van der Waals surface area contributed by atoms with Crippen molar-refractivity contribution in [2.75, 3.05) is 25.1 Å². The first kappa shape index (κ1) is 30.5. The number of nitrogens with two attached hydrogens (primary N) is 2. The Hall–Kier alpha value is -2.54. The molecule has 1 rings (SSSR count). The Balaban J connectivity index is 2.97. The fourth-order valence-electron chi connectivity index (χ4n) is 3.67. The van der Waals surface area contributed by atoms with Crippen molar-refractivity contribution in [1.82, 2.24) is 21.3 Å². The van der Waals surface area contributed by atoms with Gasteiger partial charge in [-0.15, -0.1) is 0 Å². The van der Waals surface area contributed by atoms with E-state index in [0.717, 1.165) is 13.0 Å². The average molecular weight is 516 g/mol. The SMILES string of the molecule is CCC(C)C(NC(=O)C(CCCN=C(N)N)NC(=O)C(CCSC)NC(=O)C1CCCN1)C(=O)O. The zero-order valence-electron chi connectivity index (χ0n) is 20.8. The highest BCUT2D eigenvalue weighted by molar-refractivity contribution is 7.98. The van der Waals surface area contributed by atoms with E-state index in [0.29, 0.717) is 31.4 Å². The molecule has 1 heterocycles. The van der Waals surface area contributed by atoms with E-state index in [9.17, 15) is 24.3 Å². The largest absolute Gasteiger partial charge is 0.480 e. The van der Waals surface area contributed by atoms with Crippen molar-refractivity contribution in [3.05, 3.63) is 0 Å². The van der Waals surface area contributed by atoms with Gasteiger partial charge in [-0.25, -0.2) is 4.79 Å². The zero-order valence-corrected chi connectivity index (χ0v) is 21.7. The number of carbonyl (C=O) groups excluding carboxylic acids is 3. The lowest BCUT2D eigenvalue weighted by Crippen LogP contribution is -2.57. The molecule has 1 saturated heterocycles. The maximum atomic E-state index is 13.1. The summed E-state index contributed by atoms with van der Waals surface area (Å²) in [5.41, 5.74) is 10.7. The monoisotopic (exact) mass is 515 g/mol. The molecule has 0 radical (unpaired) electrons. The standard InChI is InChI=1S/C22H41N7O5S/c1-4-13(2)17(21(33)34)29-20(32)15(8-6-11-26-22(23)24)27-19(31)16(9-12-35-3)28-18(30)14-7-5-10-25-14/h13-17,25H,4-12H2,1-3H3,(H,27,31)(H,28,30)(H,29,32)(H,33,34)(H4,23,24,26). The van der Waals surface area contributed by atoms with E-state index in [2.05, 4.69) is 26.3 Å². The molecule has 5 unspecified atom stereocenters. The second-order valence-corrected chi connectivity index (χ2v) is 9.70. The lowest BCUT2D eigenvalue weighted by Gasteiger charge is -2.26. The molecule has 13 heteroatoms. The average Bonchev–Trinajstić information content (AvgIpc) is 3.36. The van der Waals surface area contributed by atoms with Crippen LogP contribution in [0.3, 0.4) is 0 Å². The number of carboxylic acids is 1. The van der Waals surface area contributed by atoms with Gasteiger partial charge in [0, 0.05) is 6.54 Å². The Morgan fingerprint density at radius 2 is 1.77 bits per heavy atom. The Labute approximate surface area is 211 Å². The Bertz CT molecular complexity index is 742. The fourth-order valence-corrected chi connectivity index (χ4v) is 4.14. The van der Waals surface area contributed by atoms with Gasteiger partial charge in [-0.1, -0.05) is 20.3 Å². The number of thioether (sulfide) groups is 1. The van der Waals surface area contributed by atoms with Crippen LogP contribution in [0.15, 0.2) is 4.99 Å². The van der Waals surface area contributed by atoms with Gasteiger partial charge < -0.3 is 37.8 Å². The summed E-state index contributed by atoms with van der Waals surface area (Å²) in [6, 6.07) is -3.27. The highest BCUT2D eigenvalue weighted by Crippen LogP contribution is 2.11. The van der Waals surface area contributed by atoms with Crippen molar-refractivity contribution in [2.45, 2.75) is 76.5 Å². The predicted molar refractivity (Wildman–Crippen MR) is 137 cm³/mol. The molecule has 5 atom stereocenters. The Morgan fingerprint density at radius 1 is 1.11 bits per heavy atom. The number of rotatable bonds is 16. The van der Waals surface area contributed by atoms with Gasteiger partial charge in [0.25, 0.3) is 0 Å². The quantitative estimate of drug-likeness (QED) is 0.0775. The minimum absolute atomic E-state index is 0.0851. The van der Waals surface area contributed by atoms with E-state index >= 15 is 0 Å². The molecule has 0 aromatic heterocycles. The number of hydrogen-bond donors (Lipinski definition) is 7. The third-order valence-electron chi connectivity index (χ3n) is 5.98. The van der Waals surface area contributed by atoms with E-state index in [4.69, 9.17) is 11.5 Å². The number of aliphatic carboxylic acids is 1. The third kappa shape index (κ3) is 11.2. The molecule has 1 aliphatic heterocycles. The topological polar surface area (TPSA) is 201 Å². The number of aliphatic imine (C=N–C) groups is 1. The molecule has 35 heavy (non-hydrogen) atoms. The first-order valence-corrected chi connectivity index (χ1v) is 13.4. The van der Waals surface area contributed by atoms with Gasteiger partial charge in [0.05, 0.1) is 6.04 Å². The maximum absolute atomic E-state index is 13.1. The van der Waals surface area contributed by atoms with E-state index in [1.54, 1.807) is 6.92 Å². The summed E-state index contributed by atoms with van der Waals surface area (Å²) < 4.78 is 0. The smallest absolute Gasteiger partial charge is 0.326 e. The lowest BCUT2D eigenvalue weighted by molar-refractivity contribution is -0.144. The van der Waals surface area contributed by atoms with Crippen LogP contribution in [0.4, 0.5) is 0 Å². The van der Waals surface area contributed by atoms with Crippen molar-refractivity contribution in [1.29, 1.82) is 0 Å². The number of nitrogens with one attached hydrogen (secondary N) is 4. The summed E-state index contributed by atoms with van der Waals surface area (Å²) in [7, 11) is 0. The highest BCUT2D eigenvalue weighted by Gasteiger charge is 2.32. The van der Waals surface area contributed by atoms with Crippen molar-refractivity contribution in [2.24, 2.45) is 22.4 Å². The van der Waals surface area contributed by atoms with Crippen LogP contribution < -0.4 is 32.7 Å². The number of nitrogens with zero attached hydrogens (tertiary/aromatic N) is 1. The predicted octanol–water partition coefficient (Wildman–Crippen LogP) is -0.870. The first-order chi connectivity index (χ1) is 16.6. The normalized spacial score (nSPS) is 18.5. The fraction of sp³-hybridized carbons (Fsp3) is 0.773. The summed E-state index contributed by atoms with van der Waals surface area (Å²) >= 11 is 1.54. The Kier molecular flexibility index (Phi) is 14.1. The number of carboxylic acid groups (broad SMARTS) is 1.